The van der Waals surface area contributed by atoms with Gasteiger partial charge in [0, 0.05) is 0 Å². The van der Waals surface area contributed by atoms with Gasteiger partial charge in [-0.2, -0.15) is 5.26 Å². The SMILES string of the molecule is COc1cc(/C=C(\C#N)C(=O)NC(C)c2ccccc2)cc(I)c1OC. The number of ether oxygens (including phenoxy) is 2. The third-order valence-corrected chi connectivity index (χ3v) is 4.58. The van der Waals surface area contributed by atoms with Crippen LogP contribution in [0.15, 0.2) is 48.0 Å². The number of carbonyl (C=O) groups excluding carboxylic acids is 1. The van der Waals surface area contributed by atoms with Crippen LogP contribution in [0.3, 0.4) is 0 Å². The minimum atomic E-state index is -0.423. The number of carbonyl (C=O) groups is 1. The van der Waals surface area contributed by atoms with Gasteiger partial charge < -0.3 is 14.8 Å². The summed E-state index contributed by atoms with van der Waals surface area (Å²) >= 11 is 2.12. The molecule has 5 nitrogen and oxygen atoms in total. The summed E-state index contributed by atoms with van der Waals surface area (Å²) in [5.74, 6) is 0.737. The highest BCUT2D eigenvalue weighted by Crippen LogP contribution is 2.34. The minimum absolute atomic E-state index is 0.0239. The van der Waals surface area contributed by atoms with Gasteiger partial charge in [-0.1, -0.05) is 30.3 Å². The number of hydrogen-bond acceptors (Lipinski definition) is 4. The van der Waals surface area contributed by atoms with Crippen molar-refractivity contribution in [1.29, 1.82) is 5.26 Å². The van der Waals surface area contributed by atoms with E-state index in [1.54, 1.807) is 20.3 Å². The fourth-order valence-corrected chi connectivity index (χ4v) is 3.28. The van der Waals surface area contributed by atoms with Gasteiger partial charge in [-0.3, -0.25) is 4.79 Å². The predicted octanol–water partition coefficient (Wildman–Crippen LogP) is 4.09. The Morgan fingerprint density at radius 1 is 1.23 bits per heavy atom. The fourth-order valence-electron chi connectivity index (χ4n) is 2.44. The Kier molecular flexibility index (Phi) is 7.04. The van der Waals surface area contributed by atoms with Crippen LogP contribution in [-0.4, -0.2) is 20.1 Å². The van der Waals surface area contributed by atoms with Gasteiger partial charge in [0.1, 0.15) is 11.6 Å². The summed E-state index contributed by atoms with van der Waals surface area (Å²) in [6, 6.07) is 14.9. The number of hydrogen-bond donors (Lipinski definition) is 1. The van der Waals surface area contributed by atoms with E-state index < -0.39 is 5.91 Å². The summed E-state index contributed by atoms with van der Waals surface area (Å²) < 4.78 is 11.4. The van der Waals surface area contributed by atoms with Crippen molar-refractivity contribution in [3.63, 3.8) is 0 Å². The third-order valence-electron chi connectivity index (χ3n) is 3.78. The van der Waals surface area contributed by atoms with E-state index in [4.69, 9.17) is 9.47 Å². The predicted molar refractivity (Wildman–Crippen MR) is 109 cm³/mol. The molecule has 0 aliphatic rings. The Balaban J connectivity index is 2.26. The largest absolute Gasteiger partial charge is 0.493 e. The summed E-state index contributed by atoms with van der Waals surface area (Å²) in [4.78, 5) is 12.5. The van der Waals surface area contributed by atoms with Gasteiger partial charge in [-0.25, -0.2) is 0 Å². The topological polar surface area (TPSA) is 71.3 Å². The van der Waals surface area contributed by atoms with E-state index in [0.717, 1.165) is 9.13 Å². The van der Waals surface area contributed by atoms with Crippen LogP contribution in [0.1, 0.15) is 24.1 Å². The molecule has 0 heterocycles. The smallest absolute Gasteiger partial charge is 0.262 e. The maximum absolute atomic E-state index is 12.5. The molecule has 26 heavy (non-hydrogen) atoms. The lowest BCUT2D eigenvalue weighted by molar-refractivity contribution is -0.117. The number of methoxy groups -OCH3 is 2. The Morgan fingerprint density at radius 3 is 2.50 bits per heavy atom. The molecule has 1 N–H and O–H groups in total. The highest BCUT2D eigenvalue weighted by molar-refractivity contribution is 14.1. The highest BCUT2D eigenvalue weighted by atomic mass is 127. The molecule has 0 spiro atoms. The molecule has 0 saturated carbocycles. The zero-order valence-corrected chi connectivity index (χ0v) is 16.9. The lowest BCUT2D eigenvalue weighted by atomic mass is 10.1. The summed E-state index contributed by atoms with van der Waals surface area (Å²) in [7, 11) is 3.11. The van der Waals surface area contributed by atoms with E-state index in [1.807, 2.05) is 49.4 Å². The van der Waals surface area contributed by atoms with E-state index in [9.17, 15) is 10.1 Å². The molecule has 2 aromatic rings. The third kappa shape index (κ3) is 4.76. The van der Waals surface area contributed by atoms with Crippen molar-refractivity contribution in [3.8, 4) is 17.6 Å². The van der Waals surface area contributed by atoms with E-state index in [0.29, 0.717) is 17.1 Å². The second kappa shape index (κ2) is 9.25. The minimum Gasteiger partial charge on any atom is -0.493 e. The highest BCUT2D eigenvalue weighted by Gasteiger charge is 2.15. The first-order chi connectivity index (χ1) is 12.5. The summed E-state index contributed by atoms with van der Waals surface area (Å²) in [5.41, 5.74) is 1.68. The van der Waals surface area contributed by atoms with Crippen LogP contribution in [0, 0.1) is 14.9 Å². The van der Waals surface area contributed by atoms with Crippen LogP contribution in [0.4, 0.5) is 0 Å². The molecule has 1 amide bonds. The second-order valence-corrected chi connectivity index (χ2v) is 6.68. The standard InChI is InChI=1S/C20H19IN2O3/c1-13(15-7-5-4-6-8-15)23-20(24)16(12-22)9-14-10-17(21)19(26-3)18(11-14)25-2/h4-11,13H,1-3H3,(H,23,24)/b16-9+. The zero-order chi connectivity index (χ0) is 19.1. The Hall–Kier alpha value is -2.53. The number of amides is 1. The average molecular weight is 462 g/mol. The molecule has 134 valence electrons. The first-order valence-electron chi connectivity index (χ1n) is 7.89. The first-order valence-corrected chi connectivity index (χ1v) is 8.97. The van der Waals surface area contributed by atoms with Crippen LogP contribution in [0.5, 0.6) is 11.5 Å². The monoisotopic (exact) mass is 462 g/mol. The molecule has 0 radical (unpaired) electrons. The van der Waals surface area contributed by atoms with Gasteiger partial charge in [-0.05, 0) is 58.9 Å². The molecular weight excluding hydrogens is 443 g/mol. The Bertz CT molecular complexity index is 857. The summed E-state index contributed by atoms with van der Waals surface area (Å²) in [6.07, 6.45) is 1.54. The lowest BCUT2D eigenvalue weighted by Crippen LogP contribution is -2.27. The van der Waals surface area contributed by atoms with Crippen molar-refractivity contribution in [1.82, 2.24) is 5.32 Å². The van der Waals surface area contributed by atoms with E-state index in [1.165, 1.54) is 6.08 Å². The number of rotatable bonds is 6. The van der Waals surface area contributed by atoms with Crippen molar-refractivity contribution in [3.05, 3.63) is 62.7 Å². The van der Waals surface area contributed by atoms with E-state index in [-0.39, 0.29) is 11.6 Å². The molecule has 2 rings (SSSR count). The van der Waals surface area contributed by atoms with Gasteiger partial charge in [0.2, 0.25) is 0 Å². The van der Waals surface area contributed by atoms with E-state index >= 15 is 0 Å². The maximum atomic E-state index is 12.5. The van der Waals surface area contributed by atoms with Gasteiger partial charge in [0.25, 0.3) is 5.91 Å². The van der Waals surface area contributed by atoms with Crippen LogP contribution >= 0.6 is 22.6 Å². The number of halogens is 1. The maximum Gasteiger partial charge on any atom is 0.262 e. The Labute approximate surface area is 166 Å². The van der Waals surface area contributed by atoms with Crippen molar-refractivity contribution < 1.29 is 14.3 Å². The molecular formula is C20H19IN2O3. The van der Waals surface area contributed by atoms with Gasteiger partial charge in [-0.15, -0.1) is 0 Å². The quantitative estimate of drug-likeness (QED) is 0.399. The zero-order valence-electron chi connectivity index (χ0n) is 14.7. The van der Waals surface area contributed by atoms with Crippen molar-refractivity contribution in [2.45, 2.75) is 13.0 Å². The molecule has 0 aliphatic carbocycles. The van der Waals surface area contributed by atoms with Crippen molar-refractivity contribution in [2.24, 2.45) is 0 Å². The molecule has 0 aliphatic heterocycles. The molecule has 6 heteroatoms. The second-order valence-electron chi connectivity index (χ2n) is 5.51. The molecule has 1 atom stereocenters. The fraction of sp³-hybridized carbons (Fsp3) is 0.200. The van der Waals surface area contributed by atoms with Crippen LogP contribution in [-0.2, 0) is 4.79 Å². The molecule has 2 aromatic carbocycles. The molecule has 0 aromatic heterocycles. The first kappa shape index (κ1) is 19.8. The number of nitriles is 1. The van der Waals surface area contributed by atoms with Crippen LogP contribution in [0.25, 0.3) is 6.08 Å². The number of nitrogens with one attached hydrogen (secondary N) is 1. The summed E-state index contributed by atoms with van der Waals surface area (Å²) in [6.45, 7) is 1.88. The number of nitrogens with zero attached hydrogens (tertiary/aromatic N) is 1. The normalized spacial score (nSPS) is 12.0. The average Bonchev–Trinajstić information content (AvgIpc) is 2.66. The van der Waals surface area contributed by atoms with Crippen LogP contribution < -0.4 is 14.8 Å². The molecule has 0 bridgehead atoms. The lowest BCUT2D eigenvalue weighted by Gasteiger charge is -2.14. The summed E-state index contributed by atoms with van der Waals surface area (Å²) in [5, 5.41) is 12.2. The molecule has 1 unspecified atom stereocenters. The Morgan fingerprint density at radius 2 is 1.92 bits per heavy atom. The van der Waals surface area contributed by atoms with Gasteiger partial charge in [0.05, 0.1) is 23.8 Å². The van der Waals surface area contributed by atoms with E-state index in [2.05, 4.69) is 27.9 Å². The molecule has 0 saturated heterocycles. The van der Waals surface area contributed by atoms with Crippen molar-refractivity contribution in [2.75, 3.05) is 14.2 Å². The van der Waals surface area contributed by atoms with Gasteiger partial charge >= 0.3 is 0 Å². The number of benzene rings is 2. The van der Waals surface area contributed by atoms with Crippen LogP contribution in [0.2, 0.25) is 0 Å². The molecule has 0 fully saturated rings. The van der Waals surface area contributed by atoms with Gasteiger partial charge in [0.15, 0.2) is 11.5 Å². The van der Waals surface area contributed by atoms with Crippen molar-refractivity contribution >= 4 is 34.6 Å².